The maximum atomic E-state index is 12.3. The summed E-state index contributed by atoms with van der Waals surface area (Å²) in [6.45, 7) is 2.54. The van der Waals surface area contributed by atoms with E-state index in [9.17, 15) is 4.79 Å². The van der Waals surface area contributed by atoms with Crippen molar-refractivity contribution >= 4 is 56.0 Å². The molecule has 1 aromatic heterocycles. The van der Waals surface area contributed by atoms with Crippen molar-refractivity contribution in [3.8, 4) is 5.75 Å². The molecular weight excluding hydrogens is 416 g/mol. The highest BCUT2D eigenvalue weighted by atomic mass is 32.2. The van der Waals surface area contributed by atoms with Gasteiger partial charge >= 0.3 is 6.03 Å². The van der Waals surface area contributed by atoms with E-state index in [0.29, 0.717) is 18.0 Å². The lowest BCUT2D eigenvalue weighted by molar-refractivity contribution is 0.262. The summed E-state index contributed by atoms with van der Waals surface area (Å²) >= 11 is 3.09. The third-order valence-electron chi connectivity index (χ3n) is 4.07. The number of rotatable bonds is 7. The number of nitrogens with one attached hydrogen (secondary N) is 3. The second kappa shape index (κ2) is 9.51. The summed E-state index contributed by atoms with van der Waals surface area (Å²) in [4.78, 5) is 18.0. The number of aromatic nitrogens is 1. The van der Waals surface area contributed by atoms with Crippen LogP contribution in [0.1, 0.15) is 6.92 Å². The number of thiazole rings is 1. The van der Waals surface area contributed by atoms with Gasteiger partial charge in [0.25, 0.3) is 0 Å². The zero-order valence-electron chi connectivity index (χ0n) is 16.2. The number of nitrogens with zero attached hydrogens (tertiary/aromatic N) is 1. The topological polar surface area (TPSA) is 75.3 Å². The molecule has 0 spiro atoms. The van der Waals surface area contributed by atoms with Crippen LogP contribution in [0.15, 0.2) is 77.7 Å². The Balaban J connectivity index is 1.37. The number of urea groups is 1. The molecule has 0 fully saturated rings. The number of hydrogen-bond acceptors (Lipinski definition) is 6. The molecule has 3 aromatic carbocycles. The fourth-order valence-electron chi connectivity index (χ4n) is 2.73. The fraction of sp³-hybridized carbons (Fsp3) is 0.0909. The van der Waals surface area contributed by atoms with Crippen LogP contribution in [-0.2, 0) is 0 Å². The molecule has 4 aromatic rings. The van der Waals surface area contributed by atoms with Gasteiger partial charge in [0.1, 0.15) is 5.75 Å². The summed E-state index contributed by atoms with van der Waals surface area (Å²) in [6, 6.07) is 22.7. The first-order chi connectivity index (χ1) is 14.7. The molecule has 152 valence electrons. The first-order valence-electron chi connectivity index (χ1n) is 9.39. The van der Waals surface area contributed by atoms with Crippen molar-refractivity contribution in [2.45, 2.75) is 11.8 Å². The maximum absolute atomic E-state index is 12.3. The van der Waals surface area contributed by atoms with E-state index in [2.05, 4.69) is 20.3 Å². The van der Waals surface area contributed by atoms with Crippen LogP contribution in [0.3, 0.4) is 0 Å². The molecule has 0 bridgehead atoms. The minimum absolute atomic E-state index is 0.313. The lowest BCUT2D eigenvalue weighted by atomic mass is 10.3. The maximum Gasteiger partial charge on any atom is 0.323 e. The van der Waals surface area contributed by atoms with Crippen LogP contribution in [0.25, 0.3) is 10.2 Å². The minimum Gasteiger partial charge on any atom is -0.494 e. The van der Waals surface area contributed by atoms with Gasteiger partial charge in [-0.15, -0.1) is 0 Å². The van der Waals surface area contributed by atoms with Gasteiger partial charge in [0.15, 0.2) is 5.13 Å². The number of hydrogen-bond donors (Lipinski definition) is 3. The van der Waals surface area contributed by atoms with Gasteiger partial charge in [0.05, 0.1) is 16.8 Å². The predicted molar refractivity (Wildman–Crippen MR) is 126 cm³/mol. The lowest BCUT2D eigenvalue weighted by Gasteiger charge is -2.08. The molecule has 0 saturated carbocycles. The van der Waals surface area contributed by atoms with Gasteiger partial charge in [-0.05, 0) is 73.5 Å². The number of amides is 2. The van der Waals surface area contributed by atoms with Crippen molar-refractivity contribution in [3.63, 3.8) is 0 Å². The van der Waals surface area contributed by atoms with Crippen LogP contribution >= 0.6 is 23.3 Å². The normalized spacial score (nSPS) is 10.6. The van der Waals surface area contributed by atoms with Crippen molar-refractivity contribution in [2.24, 2.45) is 0 Å². The second-order valence-corrected chi connectivity index (χ2v) is 8.17. The molecule has 0 aliphatic heterocycles. The third kappa shape index (κ3) is 5.22. The molecule has 0 aliphatic carbocycles. The van der Waals surface area contributed by atoms with Crippen LogP contribution in [0.5, 0.6) is 5.75 Å². The molecule has 3 N–H and O–H groups in total. The molecule has 30 heavy (non-hydrogen) atoms. The minimum atomic E-state index is -0.313. The summed E-state index contributed by atoms with van der Waals surface area (Å²) in [5, 5.41) is 6.47. The second-order valence-electron chi connectivity index (χ2n) is 6.26. The highest BCUT2D eigenvalue weighted by molar-refractivity contribution is 8.00. The van der Waals surface area contributed by atoms with Crippen molar-refractivity contribution in [1.82, 2.24) is 4.98 Å². The number of fused-ring (bicyclic) bond motifs is 1. The van der Waals surface area contributed by atoms with Gasteiger partial charge in [-0.25, -0.2) is 9.78 Å². The predicted octanol–water partition coefficient (Wildman–Crippen LogP) is 6.46. The molecule has 6 nitrogen and oxygen atoms in total. The average molecular weight is 437 g/mol. The Kier molecular flexibility index (Phi) is 6.36. The van der Waals surface area contributed by atoms with Gasteiger partial charge in [-0.2, -0.15) is 0 Å². The molecule has 4 rings (SSSR count). The number of carbonyl (C=O) groups excluding carboxylic acids is 1. The SMILES string of the molecule is CCOc1ccc(NC(=O)Nc2ccc3sc(NSc4ccccc4)nc3c2)cc1. The fourth-order valence-corrected chi connectivity index (χ4v) is 4.27. The van der Waals surface area contributed by atoms with E-state index in [4.69, 9.17) is 4.74 Å². The van der Waals surface area contributed by atoms with E-state index in [1.807, 2.05) is 67.6 Å². The molecule has 0 unspecified atom stereocenters. The van der Waals surface area contributed by atoms with E-state index in [1.165, 1.54) is 11.9 Å². The van der Waals surface area contributed by atoms with Crippen LogP contribution in [-0.4, -0.2) is 17.6 Å². The molecule has 8 heteroatoms. The molecule has 0 radical (unpaired) electrons. The van der Waals surface area contributed by atoms with Crippen LogP contribution in [0.4, 0.5) is 21.3 Å². The first-order valence-corrected chi connectivity index (χ1v) is 11.0. The van der Waals surface area contributed by atoms with E-state index in [0.717, 1.165) is 26.0 Å². The van der Waals surface area contributed by atoms with E-state index >= 15 is 0 Å². The van der Waals surface area contributed by atoms with Crippen molar-refractivity contribution in [3.05, 3.63) is 72.8 Å². The van der Waals surface area contributed by atoms with Gasteiger partial charge < -0.3 is 20.1 Å². The van der Waals surface area contributed by atoms with E-state index in [-0.39, 0.29) is 6.03 Å². The number of benzene rings is 3. The highest BCUT2D eigenvalue weighted by Gasteiger charge is 2.08. The van der Waals surface area contributed by atoms with E-state index in [1.54, 1.807) is 23.5 Å². The monoisotopic (exact) mass is 436 g/mol. The summed E-state index contributed by atoms with van der Waals surface area (Å²) < 4.78 is 9.72. The largest absolute Gasteiger partial charge is 0.494 e. The average Bonchev–Trinajstić information content (AvgIpc) is 3.17. The Morgan fingerprint density at radius 2 is 1.73 bits per heavy atom. The van der Waals surface area contributed by atoms with E-state index < -0.39 is 0 Å². The zero-order valence-corrected chi connectivity index (χ0v) is 17.8. The Morgan fingerprint density at radius 1 is 1.00 bits per heavy atom. The molecule has 0 saturated heterocycles. The van der Waals surface area contributed by atoms with Gasteiger partial charge in [-0.3, -0.25) is 0 Å². The Labute approximate surface area is 182 Å². The Morgan fingerprint density at radius 3 is 2.50 bits per heavy atom. The summed E-state index contributed by atoms with van der Waals surface area (Å²) in [5.41, 5.74) is 2.20. The van der Waals surface area contributed by atoms with Gasteiger partial charge in [-0.1, -0.05) is 29.5 Å². The quantitative estimate of drug-likeness (QED) is 0.290. The van der Waals surface area contributed by atoms with Crippen LogP contribution < -0.4 is 20.1 Å². The van der Waals surface area contributed by atoms with Crippen molar-refractivity contribution < 1.29 is 9.53 Å². The van der Waals surface area contributed by atoms with Crippen molar-refractivity contribution in [1.29, 1.82) is 0 Å². The summed E-state index contributed by atoms with van der Waals surface area (Å²) in [7, 11) is 0. The van der Waals surface area contributed by atoms with Crippen molar-refractivity contribution in [2.75, 3.05) is 22.0 Å². The lowest BCUT2D eigenvalue weighted by Crippen LogP contribution is -2.19. The Hall–Kier alpha value is -3.23. The number of ether oxygens (including phenoxy) is 1. The summed E-state index contributed by atoms with van der Waals surface area (Å²) in [5.74, 6) is 0.771. The molecule has 1 heterocycles. The van der Waals surface area contributed by atoms with Gasteiger partial charge in [0, 0.05) is 16.3 Å². The standard InChI is InChI=1S/C22H20N4O2S2/c1-2-28-17-11-8-15(9-12-17)23-21(27)24-16-10-13-20-19(14-16)25-22(29-20)26-30-18-6-4-3-5-7-18/h3-14H,2H2,1H3,(H,25,26)(H2,23,24,27). The third-order valence-corrected chi connectivity index (χ3v) is 5.95. The Bertz CT molecular complexity index is 1130. The molecule has 0 atom stereocenters. The van der Waals surface area contributed by atoms with Crippen LogP contribution in [0, 0.1) is 0 Å². The molecule has 0 aliphatic rings. The number of carbonyl (C=O) groups is 1. The zero-order chi connectivity index (χ0) is 20.8. The van der Waals surface area contributed by atoms with Gasteiger partial charge in [0.2, 0.25) is 0 Å². The van der Waals surface area contributed by atoms with Crippen LogP contribution in [0.2, 0.25) is 0 Å². The molecule has 2 amide bonds. The first kappa shape index (κ1) is 20.1. The number of anilines is 3. The molecular formula is C22H20N4O2S2. The summed E-state index contributed by atoms with van der Waals surface area (Å²) in [6.07, 6.45) is 0. The smallest absolute Gasteiger partial charge is 0.323 e. The highest BCUT2D eigenvalue weighted by Crippen LogP contribution is 2.31.